The lowest BCUT2D eigenvalue weighted by Crippen LogP contribution is -2.42. The lowest BCUT2D eigenvalue weighted by atomic mass is 9.91. The van der Waals surface area contributed by atoms with Gasteiger partial charge in [-0.2, -0.15) is 0 Å². The van der Waals surface area contributed by atoms with Crippen molar-refractivity contribution in [1.82, 2.24) is 19.2 Å². The Kier molecular flexibility index (Phi) is 3.50. The lowest BCUT2D eigenvalue weighted by Gasteiger charge is -2.36. The number of amides is 2. The first-order chi connectivity index (χ1) is 14.1. The Morgan fingerprint density at radius 2 is 1.69 bits per heavy atom. The Hall–Kier alpha value is -2.99. The number of pyridine rings is 1. The summed E-state index contributed by atoms with van der Waals surface area (Å²) in [6, 6.07) is 9.35. The number of imidazole rings is 1. The minimum Gasteiger partial charge on any atom is -0.306 e. The fourth-order valence-electron chi connectivity index (χ4n) is 4.66. The van der Waals surface area contributed by atoms with Gasteiger partial charge in [0.2, 0.25) is 0 Å². The number of aromatic nitrogens is 2. The Balaban J connectivity index is 1.37. The molecule has 6 heteroatoms. The van der Waals surface area contributed by atoms with Crippen LogP contribution >= 0.6 is 0 Å². The second-order valence-corrected chi connectivity index (χ2v) is 8.63. The molecule has 1 aromatic carbocycles. The molecule has 2 aliphatic heterocycles. The number of benzene rings is 1. The molecule has 0 radical (unpaired) electrons. The summed E-state index contributed by atoms with van der Waals surface area (Å²) in [5.41, 5.74) is 5.35. The number of hydrogen-bond acceptors (Lipinski definition) is 4. The van der Waals surface area contributed by atoms with Crippen molar-refractivity contribution in [2.75, 3.05) is 20.1 Å². The highest BCUT2D eigenvalue weighted by Gasteiger charge is 2.36. The molecule has 2 fully saturated rings. The molecule has 3 aromatic rings. The van der Waals surface area contributed by atoms with E-state index in [0.717, 1.165) is 24.4 Å². The molecule has 6 rings (SSSR count). The average Bonchev–Trinajstić information content (AvgIpc) is 3.43. The molecule has 0 spiro atoms. The number of likely N-dealkylation sites (N-methyl/N-ethyl adjacent to an activating group) is 1. The van der Waals surface area contributed by atoms with Gasteiger partial charge in [-0.05, 0) is 49.6 Å². The number of fused-ring (bicyclic) bond motifs is 2. The van der Waals surface area contributed by atoms with Crippen LogP contribution in [0.15, 0.2) is 42.7 Å². The summed E-state index contributed by atoms with van der Waals surface area (Å²) in [5, 5.41) is 0. The minimum absolute atomic E-state index is 0.205. The van der Waals surface area contributed by atoms with Crippen molar-refractivity contribution < 1.29 is 9.59 Å². The van der Waals surface area contributed by atoms with Gasteiger partial charge in [-0.1, -0.05) is 12.1 Å². The quantitative estimate of drug-likeness (QED) is 0.647. The van der Waals surface area contributed by atoms with Gasteiger partial charge in [0.05, 0.1) is 23.4 Å². The van der Waals surface area contributed by atoms with Gasteiger partial charge in [0.15, 0.2) is 0 Å². The molecule has 1 saturated carbocycles. The zero-order chi connectivity index (χ0) is 19.7. The van der Waals surface area contributed by atoms with Crippen LogP contribution in [0.1, 0.15) is 62.2 Å². The van der Waals surface area contributed by atoms with E-state index >= 15 is 0 Å². The Morgan fingerprint density at radius 1 is 1.00 bits per heavy atom. The fraction of sp³-hybridized carbons (Fsp3) is 0.348. The second-order valence-electron chi connectivity index (χ2n) is 8.63. The zero-order valence-corrected chi connectivity index (χ0v) is 16.3. The highest BCUT2D eigenvalue weighted by molar-refractivity contribution is 6.21. The van der Waals surface area contributed by atoms with E-state index in [1.165, 1.54) is 28.9 Å². The molecule has 1 aliphatic carbocycles. The zero-order valence-electron chi connectivity index (χ0n) is 16.3. The third-order valence-electron chi connectivity index (χ3n) is 6.40. The highest BCUT2D eigenvalue weighted by atomic mass is 16.2. The molecular formula is C23H22N4O2. The summed E-state index contributed by atoms with van der Waals surface area (Å²) in [6.45, 7) is 2.30. The summed E-state index contributed by atoms with van der Waals surface area (Å²) < 4.78 is 2.11. The Morgan fingerprint density at radius 3 is 2.31 bits per heavy atom. The number of carbonyl (C=O) groups is 2. The summed E-state index contributed by atoms with van der Waals surface area (Å²) in [4.78, 5) is 33.9. The highest BCUT2D eigenvalue weighted by Crippen LogP contribution is 2.42. The van der Waals surface area contributed by atoms with Gasteiger partial charge in [0.1, 0.15) is 5.65 Å². The molecule has 0 atom stereocenters. The number of imide groups is 1. The van der Waals surface area contributed by atoms with Crippen molar-refractivity contribution in [1.29, 1.82) is 0 Å². The van der Waals surface area contributed by atoms with Crippen LogP contribution in [0.4, 0.5) is 0 Å². The molecule has 3 aliphatic rings. The average molecular weight is 386 g/mol. The van der Waals surface area contributed by atoms with Crippen LogP contribution in [0.2, 0.25) is 0 Å². The smallest absolute Gasteiger partial charge is 0.261 e. The van der Waals surface area contributed by atoms with Gasteiger partial charge in [-0.3, -0.25) is 14.5 Å². The van der Waals surface area contributed by atoms with Gasteiger partial charge >= 0.3 is 0 Å². The van der Waals surface area contributed by atoms with E-state index in [0.29, 0.717) is 23.0 Å². The third kappa shape index (κ3) is 2.63. The van der Waals surface area contributed by atoms with Crippen molar-refractivity contribution in [3.63, 3.8) is 0 Å². The van der Waals surface area contributed by atoms with Crippen LogP contribution in [-0.4, -0.2) is 51.1 Å². The number of nitrogens with zero attached hydrogens (tertiary/aromatic N) is 4. The summed E-state index contributed by atoms with van der Waals surface area (Å²) >= 11 is 0. The van der Waals surface area contributed by atoms with Crippen LogP contribution < -0.4 is 0 Å². The number of carbonyl (C=O) groups excluding carboxylic acids is 2. The largest absolute Gasteiger partial charge is 0.306 e. The molecule has 4 heterocycles. The first-order valence-electron chi connectivity index (χ1n) is 10.2. The molecule has 0 N–H and O–H groups in total. The van der Waals surface area contributed by atoms with E-state index in [4.69, 9.17) is 4.98 Å². The minimum atomic E-state index is -0.234. The molecule has 0 unspecified atom stereocenters. The van der Waals surface area contributed by atoms with E-state index < -0.39 is 0 Å². The maximum absolute atomic E-state index is 12.7. The van der Waals surface area contributed by atoms with Gasteiger partial charge in [0.25, 0.3) is 11.8 Å². The van der Waals surface area contributed by atoms with Gasteiger partial charge < -0.3 is 9.30 Å². The lowest BCUT2D eigenvalue weighted by molar-refractivity contribution is 0.0640. The van der Waals surface area contributed by atoms with Gasteiger partial charge in [0, 0.05) is 37.0 Å². The van der Waals surface area contributed by atoms with E-state index in [9.17, 15) is 9.59 Å². The van der Waals surface area contributed by atoms with Crippen molar-refractivity contribution in [2.24, 2.45) is 0 Å². The predicted octanol–water partition coefficient (Wildman–Crippen LogP) is 3.04. The van der Waals surface area contributed by atoms with Crippen LogP contribution in [0.25, 0.3) is 5.65 Å². The molecule has 1 saturated heterocycles. The van der Waals surface area contributed by atoms with Crippen molar-refractivity contribution in [3.05, 3.63) is 70.7 Å². The van der Waals surface area contributed by atoms with Crippen LogP contribution in [0.3, 0.4) is 0 Å². The molecule has 2 aromatic heterocycles. The topological polar surface area (TPSA) is 57.9 Å². The first kappa shape index (κ1) is 16.9. The normalized spacial score (nSPS) is 19.8. The molecule has 6 nitrogen and oxygen atoms in total. The number of hydrogen-bond donors (Lipinski definition) is 0. The summed E-state index contributed by atoms with van der Waals surface area (Å²) in [5.74, 6) is 0.693. The Bertz CT molecular complexity index is 1140. The van der Waals surface area contributed by atoms with E-state index in [1.54, 1.807) is 24.3 Å². The van der Waals surface area contributed by atoms with E-state index in [1.807, 2.05) is 6.20 Å². The maximum Gasteiger partial charge on any atom is 0.261 e. The fourth-order valence-corrected chi connectivity index (χ4v) is 4.66. The van der Waals surface area contributed by atoms with Crippen molar-refractivity contribution in [2.45, 2.75) is 31.2 Å². The molecular weight excluding hydrogens is 364 g/mol. The molecule has 146 valence electrons. The standard InChI is InChI=1S/C23H22N4O2/c1-25-9-16(10-25)20-8-15(14-6-7-14)11-26-12-17(24-21(20)26)13-27-22(28)18-4-2-3-5-19(18)23(27)29/h2-5,8,11-12,14,16H,6-7,9-10,13H2,1H3. The monoisotopic (exact) mass is 386 g/mol. The van der Waals surface area contributed by atoms with Crippen LogP contribution in [-0.2, 0) is 6.54 Å². The second kappa shape index (κ2) is 6.00. The van der Waals surface area contributed by atoms with Crippen molar-refractivity contribution >= 4 is 17.5 Å². The van der Waals surface area contributed by atoms with Crippen LogP contribution in [0, 0.1) is 0 Å². The van der Waals surface area contributed by atoms with Gasteiger partial charge in [-0.25, -0.2) is 4.98 Å². The van der Waals surface area contributed by atoms with E-state index in [2.05, 4.69) is 28.6 Å². The number of likely N-dealkylation sites (tertiary alicyclic amines) is 1. The van der Waals surface area contributed by atoms with Crippen molar-refractivity contribution in [3.8, 4) is 0 Å². The maximum atomic E-state index is 12.7. The first-order valence-corrected chi connectivity index (χ1v) is 10.2. The van der Waals surface area contributed by atoms with E-state index in [-0.39, 0.29) is 18.4 Å². The predicted molar refractivity (Wildman–Crippen MR) is 108 cm³/mol. The van der Waals surface area contributed by atoms with Crippen LogP contribution in [0.5, 0.6) is 0 Å². The molecule has 0 bridgehead atoms. The summed E-state index contributed by atoms with van der Waals surface area (Å²) in [6.07, 6.45) is 6.67. The molecule has 2 amide bonds. The SMILES string of the molecule is CN1CC(c2cc(C3CC3)cn3cc(CN4C(=O)c5ccccc5C4=O)nc23)C1. The van der Waals surface area contributed by atoms with Gasteiger partial charge in [-0.15, -0.1) is 0 Å². The molecule has 29 heavy (non-hydrogen) atoms. The Labute approximate surface area is 168 Å². The summed E-state index contributed by atoms with van der Waals surface area (Å²) in [7, 11) is 2.14. The third-order valence-corrected chi connectivity index (χ3v) is 6.40. The number of rotatable bonds is 4.